The van der Waals surface area contributed by atoms with Crippen molar-refractivity contribution < 1.29 is 0 Å². The van der Waals surface area contributed by atoms with Crippen molar-refractivity contribution in [3.8, 4) is 0 Å². The Morgan fingerprint density at radius 3 is 2.69 bits per heavy atom. The first-order chi connectivity index (χ1) is 7.83. The van der Waals surface area contributed by atoms with Crippen LogP contribution in [0.3, 0.4) is 0 Å². The lowest BCUT2D eigenvalue weighted by Crippen LogP contribution is -2.32. The predicted octanol–water partition coefficient (Wildman–Crippen LogP) is 1.64. The fourth-order valence-corrected chi connectivity index (χ4v) is 2.31. The Morgan fingerprint density at radius 2 is 2.00 bits per heavy atom. The Kier molecular flexibility index (Phi) is 2.42. The van der Waals surface area contributed by atoms with Crippen LogP contribution in [0, 0.1) is 0 Å². The van der Waals surface area contributed by atoms with Crippen molar-refractivity contribution in [1.29, 1.82) is 0 Å². The van der Waals surface area contributed by atoms with Crippen LogP contribution < -0.4 is 10.5 Å². The molecule has 0 bridgehead atoms. The highest BCUT2D eigenvalue weighted by molar-refractivity contribution is 5.32. The molecule has 2 aliphatic rings. The third-order valence-corrected chi connectivity index (χ3v) is 3.40. The van der Waals surface area contributed by atoms with E-state index in [1.807, 2.05) is 0 Å². The van der Waals surface area contributed by atoms with Gasteiger partial charge in [-0.1, -0.05) is 0 Å². The zero-order valence-corrected chi connectivity index (χ0v) is 9.41. The minimum atomic E-state index is -0.00234. The molecule has 16 heavy (non-hydrogen) atoms. The van der Waals surface area contributed by atoms with Crippen LogP contribution in [0.15, 0.2) is 10.9 Å². The standard InChI is InChI=1S/C12H17N3O/c16-11-8-10(9-4-5-9)13-12(14-11)15-6-2-1-3-7-15/h8-9H,1-7H2,(H,13,14,16). The summed E-state index contributed by atoms with van der Waals surface area (Å²) in [7, 11) is 0. The van der Waals surface area contributed by atoms with E-state index in [2.05, 4.69) is 14.9 Å². The summed E-state index contributed by atoms with van der Waals surface area (Å²) in [5, 5.41) is 0. The van der Waals surface area contributed by atoms with Gasteiger partial charge in [-0.25, -0.2) is 4.98 Å². The van der Waals surface area contributed by atoms with Crippen LogP contribution in [-0.4, -0.2) is 23.1 Å². The van der Waals surface area contributed by atoms with Crippen LogP contribution in [0.5, 0.6) is 0 Å². The van der Waals surface area contributed by atoms with Gasteiger partial charge in [-0.05, 0) is 32.1 Å². The normalized spacial score (nSPS) is 21.1. The maximum absolute atomic E-state index is 11.6. The molecule has 0 unspecified atom stereocenters. The van der Waals surface area contributed by atoms with Crippen LogP contribution in [0.2, 0.25) is 0 Å². The van der Waals surface area contributed by atoms with E-state index in [1.165, 1.54) is 32.1 Å². The van der Waals surface area contributed by atoms with E-state index in [0.717, 1.165) is 24.7 Å². The van der Waals surface area contributed by atoms with Crippen LogP contribution >= 0.6 is 0 Å². The topological polar surface area (TPSA) is 49.0 Å². The lowest BCUT2D eigenvalue weighted by molar-refractivity contribution is 0.566. The monoisotopic (exact) mass is 219 g/mol. The van der Waals surface area contributed by atoms with Gasteiger partial charge in [0.05, 0.1) is 5.69 Å². The van der Waals surface area contributed by atoms with Crippen molar-refractivity contribution in [2.24, 2.45) is 0 Å². The predicted molar refractivity (Wildman–Crippen MR) is 62.9 cm³/mol. The van der Waals surface area contributed by atoms with Crippen molar-refractivity contribution in [3.63, 3.8) is 0 Å². The van der Waals surface area contributed by atoms with E-state index < -0.39 is 0 Å². The van der Waals surface area contributed by atoms with Gasteiger partial charge >= 0.3 is 0 Å². The highest BCUT2D eigenvalue weighted by Crippen LogP contribution is 2.38. The first-order valence-corrected chi connectivity index (χ1v) is 6.19. The molecule has 3 rings (SSSR count). The molecule has 4 heteroatoms. The van der Waals surface area contributed by atoms with Crippen molar-refractivity contribution in [3.05, 3.63) is 22.1 Å². The molecule has 1 aromatic rings. The fraction of sp³-hybridized carbons (Fsp3) is 0.667. The second-order valence-electron chi connectivity index (χ2n) is 4.82. The summed E-state index contributed by atoms with van der Waals surface area (Å²) in [5.74, 6) is 1.33. The van der Waals surface area contributed by atoms with Crippen molar-refractivity contribution in [1.82, 2.24) is 9.97 Å². The largest absolute Gasteiger partial charge is 0.342 e. The van der Waals surface area contributed by atoms with Crippen LogP contribution in [0.4, 0.5) is 5.95 Å². The molecule has 0 atom stereocenters. The molecule has 1 aliphatic carbocycles. The maximum Gasteiger partial charge on any atom is 0.252 e. The summed E-state index contributed by atoms with van der Waals surface area (Å²) in [5.41, 5.74) is 0.988. The van der Waals surface area contributed by atoms with Gasteiger partial charge in [0.25, 0.3) is 5.56 Å². The van der Waals surface area contributed by atoms with Crippen molar-refractivity contribution >= 4 is 5.95 Å². The number of aromatic nitrogens is 2. The molecule has 0 amide bonds. The first kappa shape index (κ1) is 9.87. The number of piperidine rings is 1. The summed E-state index contributed by atoms with van der Waals surface area (Å²) in [6, 6.07) is 1.66. The third-order valence-electron chi connectivity index (χ3n) is 3.40. The molecule has 2 fully saturated rings. The van der Waals surface area contributed by atoms with E-state index in [4.69, 9.17) is 0 Å². The van der Waals surface area contributed by atoms with E-state index >= 15 is 0 Å². The number of nitrogens with one attached hydrogen (secondary N) is 1. The van der Waals surface area contributed by atoms with E-state index in [1.54, 1.807) is 6.07 Å². The molecule has 86 valence electrons. The van der Waals surface area contributed by atoms with Crippen LogP contribution in [0.1, 0.15) is 43.7 Å². The van der Waals surface area contributed by atoms with Gasteiger partial charge in [-0.3, -0.25) is 9.78 Å². The smallest absolute Gasteiger partial charge is 0.252 e. The fourth-order valence-electron chi connectivity index (χ4n) is 2.31. The number of nitrogens with zero attached hydrogens (tertiary/aromatic N) is 2. The molecule has 1 aliphatic heterocycles. The minimum absolute atomic E-state index is 0.00234. The molecule has 1 aromatic heterocycles. The third kappa shape index (κ3) is 1.96. The number of hydrogen-bond acceptors (Lipinski definition) is 3. The lowest BCUT2D eigenvalue weighted by Gasteiger charge is -2.27. The second kappa shape index (κ2) is 3.92. The zero-order chi connectivity index (χ0) is 11.0. The van der Waals surface area contributed by atoms with Crippen LogP contribution in [0.25, 0.3) is 0 Å². The van der Waals surface area contributed by atoms with Gasteiger partial charge in [0.2, 0.25) is 5.95 Å². The molecule has 0 spiro atoms. The Balaban J connectivity index is 1.89. The van der Waals surface area contributed by atoms with Crippen molar-refractivity contribution in [2.45, 2.75) is 38.0 Å². The zero-order valence-electron chi connectivity index (χ0n) is 9.41. The van der Waals surface area contributed by atoms with Gasteiger partial charge in [0, 0.05) is 25.1 Å². The molecule has 1 saturated heterocycles. The summed E-state index contributed by atoms with van der Waals surface area (Å²) >= 11 is 0. The SMILES string of the molecule is O=c1cc(C2CC2)nc(N2CCCCC2)[nH]1. The molecule has 1 saturated carbocycles. The van der Waals surface area contributed by atoms with Gasteiger partial charge in [-0.2, -0.15) is 0 Å². The number of anilines is 1. The minimum Gasteiger partial charge on any atom is -0.342 e. The van der Waals surface area contributed by atoms with Crippen LogP contribution in [-0.2, 0) is 0 Å². The average Bonchev–Trinajstić information content (AvgIpc) is 3.13. The Hall–Kier alpha value is -1.32. The van der Waals surface area contributed by atoms with Gasteiger partial charge in [0.15, 0.2) is 0 Å². The number of H-pyrrole nitrogens is 1. The average molecular weight is 219 g/mol. The lowest BCUT2D eigenvalue weighted by atomic mass is 10.1. The molecule has 2 heterocycles. The number of aromatic amines is 1. The van der Waals surface area contributed by atoms with E-state index in [-0.39, 0.29) is 5.56 Å². The molecule has 0 radical (unpaired) electrons. The summed E-state index contributed by atoms with van der Waals surface area (Å²) in [4.78, 5) is 21.2. The quantitative estimate of drug-likeness (QED) is 0.822. The van der Waals surface area contributed by atoms with Gasteiger partial charge in [0.1, 0.15) is 0 Å². The molecule has 4 nitrogen and oxygen atoms in total. The van der Waals surface area contributed by atoms with Gasteiger partial charge in [-0.15, -0.1) is 0 Å². The molecule has 0 aromatic carbocycles. The number of hydrogen-bond donors (Lipinski definition) is 1. The van der Waals surface area contributed by atoms with E-state index in [0.29, 0.717) is 5.92 Å². The maximum atomic E-state index is 11.6. The summed E-state index contributed by atoms with van der Waals surface area (Å²) in [6.07, 6.45) is 6.09. The highest BCUT2D eigenvalue weighted by Gasteiger charge is 2.26. The number of rotatable bonds is 2. The molecule has 1 N–H and O–H groups in total. The van der Waals surface area contributed by atoms with Crippen molar-refractivity contribution in [2.75, 3.05) is 18.0 Å². The highest BCUT2D eigenvalue weighted by atomic mass is 16.1. The first-order valence-electron chi connectivity index (χ1n) is 6.19. The molecular formula is C12H17N3O. The molecular weight excluding hydrogens is 202 g/mol. The summed E-state index contributed by atoms with van der Waals surface area (Å²) < 4.78 is 0. The Bertz CT molecular complexity index is 430. The Labute approximate surface area is 94.7 Å². The second-order valence-corrected chi connectivity index (χ2v) is 4.82. The summed E-state index contributed by atoms with van der Waals surface area (Å²) in [6.45, 7) is 2.05. The van der Waals surface area contributed by atoms with Gasteiger partial charge < -0.3 is 4.90 Å². The Morgan fingerprint density at radius 1 is 1.25 bits per heavy atom. The van der Waals surface area contributed by atoms with E-state index in [9.17, 15) is 4.79 Å².